The van der Waals surface area contributed by atoms with Gasteiger partial charge in [-0.3, -0.25) is 9.59 Å². The first-order valence-corrected chi connectivity index (χ1v) is 36.8. The summed E-state index contributed by atoms with van der Waals surface area (Å²) in [4.78, 5) is 24.7. The van der Waals surface area contributed by atoms with Crippen molar-refractivity contribution >= 4 is 11.9 Å². The normalized spacial score (nSPS) is 12.4. The molecule has 0 radical (unpaired) electrons. The summed E-state index contributed by atoms with van der Waals surface area (Å²) in [5, 5.41) is 23.4. The maximum absolute atomic E-state index is 12.6. The van der Waals surface area contributed by atoms with Crippen molar-refractivity contribution in [1.29, 1.82) is 0 Å². The quantitative estimate of drug-likeness (QED) is 0.0417. The summed E-state index contributed by atoms with van der Waals surface area (Å²) in [5.41, 5.74) is 0. The minimum atomic E-state index is -0.666. The van der Waals surface area contributed by atoms with E-state index >= 15 is 0 Å². The average Bonchev–Trinajstić information content (AvgIpc) is 3.45. The van der Waals surface area contributed by atoms with Gasteiger partial charge in [-0.05, 0) is 25.7 Å². The van der Waals surface area contributed by atoms with E-state index < -0.39 is 12.1 Å². The van der Waals surface area contributed by atoms with Crippen LogP contribution in [0.25, 0.3) is 0 Å². The molecule has 2 unspecified atom stereocenters. The van der Waals surface area contributed by atoms with E-state index in [2.05, 4.69) is 19.2 Å². The van der Waals surface area contributed by atoms with E-state index in [1.165, 1.54) is 360 Å². The van der Waals surface area contributed by atoms with Gasteiger partial charge in [-0.25, -0.2) is 0 Å². The Balaban J connectivity index is 3.36. The molecular formula is C73H145NO5. The van der Waals surface area contributed by atoms with Crippen LogP contribution in [0.1, 0.15) is 431 Å². The fraction of sp³-hybridized carbons (Fsp3) is 0.973. The minimum Gasteiger partial charge on any atom is -0.466 e. The number of nitrogens with one attached hydrogen (secondary N) is 1. The molecule has 79 heavy (non-hydrogen) atoms. The van der Waals surface area contributed by atoms with Gasteiger partial charge in [-0.2, -0.15) is 0 Å². The second-order valence-electron chi connectivity index (χ2n) is 25.6. The van der Waals surface area contributed by atoms with Crippen molar-refractivity contribution < 1.29 is 24.5 Å². The smallest absolute Gasteiger partial charge is 0.305 e. The summed E-state index contributed by atoms with van der Waals surface area (Å²) in [7, 11) is 0. The first-order chi connectivity index (χ1) is 39.0. The SMILES string of the molecule is CCCCCCCCCCCCCCCCCCCCCCCCCC(O)C(CO)NC(=O)CCCCCCCCCCCCCCCCCCCCCCOC(=O)CCCCCCCCCCCCCCCCCCCCC. The molecule has 0 saturated heterocycles. The van der Waals surface area contributed by atoms with Gasteiger partial charge in [0.2, 0.25) is 5.91 Å². The molecule has 0 aliphatic heterocycles. The maximum Gasteiger partial charge on any atom is 0.305 e. The van der Waals surface area contributed by atoms with Gasteiger partial charge >= 0.3 is 5.97 Å². The summed E-state index contributed by atoms with van der Waals surface area (Å²) < 4.78 is 5.51. The van der Waals surface area contributed by atoms with E-state index in [0.29, 0.717) is 25.9 Å². The van der Waals surface area contributed by atoms with Gasteiger partial charge in [0.25, 0.3) is 0 Å². The van der Waals surface area contributed by atoms with E-state index in [0.717, 1.165) is 38.5 Å². The Morgan fingerprint density at radius 3 is 0.772 bits per heavy atom. The fourth-order valence-corrected chi connectivity index (χ4v) is 12.1. The van der Waals surface area contributed by atoms with Crippen molar-refractivity contribution in [3.8, 4) is 0 Å². The molecule has 0 aliphatic rings. The van der Waals surface area contributed by atoms with Crippen molar-refractivity contribution in [2.75, 3.05) is 13.2 Å². The zero-order valence-electron chi connectivity index (χ0n) is 54.2. The lowest BCUT2D eigenvalue weighted by Gasteiger charge is -2.22. The van der Waals surface area contributed by atoms with Crippen LogP contribution in [0.2, 0.25) is 0 Å². The third-order valence-electron chi connectivity index (χ3n) is 17.7. The molecule has 0 heterocycles. The Morgan fingerprint density at radius 1 is 0.304 bits per heavy atom. The van der Waals surface area contributed by atoms with Gasteiger partial charge in [0, 0.05) is 12.8 Å². The van der Waals surface area contributed by atoms with Crippen molar-refractivity contribution in [3.05, 3.63) is 0 Å². The van der Waals surface area contributed by atoms with Crippen LogP contribution in [0.15, 0.2) is 0 Å². The number of amides is 1. The number of aliphatic hydroxyl groups excluding tert-OH is 2. The standard InChI is InChI=1S/C73H145NO5/c1-3-5-7-9-11-13-15-17-19-21-23-24-25-26-30-33-37-41-45-49-53-57-61-65-71(76)70(69-75)74-72(77)66-62-58-54-50-46-42-38-34-31-27-28-32-36-40-44-48-52-56-60-64-68-79-73(78)67-63-59-55-51-47-43-39-35-29-22-20-18-16-14-12-10-8-6-4-2/h70-71,75-76H,3-69H2,1-2H3,(H,74,77). The molecule has 2 atom stereocenters. The Hall–Kier alpha value is -1.14. The lowest BCUT2D eigenvalue weighted by molar-refractivity contribution is -0.143. The predicted molar refractivity (Wildman–Crippen MR) is 347 cm³/mol. The van der Waals surface area contributed by atoms with Gasteiger partial charge < -0.3 is 20.3 Å². The molecule has 0 fully saturated rings. The van der Waals surface area contributed by atoms with Crippen LogP contribution < -0.4 is 5.32 Å². The Labute approximate surface area is 496 Å². The molecule has 0 bridgehead atoms. The lowest BCUT2D eigenvalue weighted by Crippen LogP contribution is -2.45. The zero-order chi connectivity index (χ0) is 57.1. The molecule has 1 amide bonds. The van der Waals surface area contributed by atoms with E-state index in [1.54, 1.807) is 0 Å². The highest BCUT2D eigenvalue weighted by Gasteiger charge is 2.20. The molecule has 0 saturated carbocycles. The molecular weight excluding hydrogens is 971 g/mol. The van der Waals surface area contributed by atoms with E-state index in [1.807, 2.05) is 0 Å². The van der Waals surface area contributed by atoms with Gasteiger partial charge in [0.15, 0.2) is 0 Å². The van der Waals surface area contributed by atoms with Crippen LogP contribution >= 0.6 is 0 Å². The fourth-order valence-electron chi connectivity index (χ4n) is 12.1. The highest BCUT2D eigenvalue weighted by molar-refractivity contribution is 5.76. The van der Waals surface area contributed by atoms with Crippen LogP contribution in [0.3, 0.4) is 0 Å². The molecule has 0 aromatic carbocycles. The number of hydrogen-bond donors (Lipinski definition) is 3. The highest BCUT2D eigenvalue weighted by atomic mass is 16.5. The third kappa shape index (κ3) is 65.9. The van der Waals surface area contributed by atoms with Crippen molar-refractivity contribution in [1.82, 2.24) is 5.32 Å². The molecule has 0 aromatic rings. The second-order valence-corrected chi connectivity index (χ2v) is 25.6. The monoisotopic (exact) mass is 1120 g/mol. The summed E-state index contributed by atoms with van der Waals surface area (Å²) in [6.07, 6.45) is 84.4. The van der Waals surface area contributed by atoms with Crippen LogP contribution in [0.4, 0.5) is 0 Å². The van der Waals surface area contributed by atoms with Crippen molar-refractivity contribution in [3.63, 3.8) is 0 Å². The summed E-state index contributed by atoms with van der Waals surface area (Å²) in [6, 6.07) is -0.543. The minimum absolute atomic E-state index is 0.0173. The van der Waals surface area contributed by atoms with Crippen LogP contribution in [0.5, 0.6) is 0 Å². The Morgan fingerprint density at radius 2 is 0.519 bits per heavy atom. The summed E-state index contributed by atoms with van der Waals surface area (Å²) >= 11 is 0. The van der Waals surface area contributed by atoms with E-state index in [9.17, 15) is 19.8 Å². The number of carbonyl (C=O) groups is 2. The van der Waals surface area contributed by atoms with Crippen LogP contribution in [0, 0.1) is 0 Å². The number of hydrogen-bond acceptors (Lipinski definition) is 5. The average molecular weight is 1120 g/mol. The molecule has 472 valence electrons. The van der Waals surface area contributed by atoms with Crippen LogP contribution in [-0.4, -0.2) is 47.4 Å². The predicted octanol–water partition coefficient (Wildman–Crippen LogP) is 23.8. The first-order valence-electron chi connectivity index (χ1n) is 36.8. The number of unbranched alkanes of at least 4 members (excludes halogenated alkanes) is 59. The third-order valence-corrected chi connectivity index (χ3v) is 17.7. The Kier molecular flexibility index (Phi) is 68.4. The lowest BCUT2D eigenvalue weighted by atomic mass is 10.0. The first kappa shape index (κ1) is 77.9. The maximum atomic E-state index is 12.6. The number of aliphatic hydroxyl groups is 2. The molecule has 6 heteroatoms. The van der Waals surface area contributed by atoms with E-state index in [-0.39, 0.29) is 18.5 Å². The number of carbonyl (C=O) groups excluding carboxylic acids is 2. The number of rotatable bonds is 70. The molecule has 3 N–H and O–H groups in total. The highest BCUT2D eigenvalue weighted by Crippen LogP contribution is 2.20. The molecule has 0 spiro atoms. The summed E-state index contributed by atoms with van der Waals surface area (Å²) in [5.74, 6) is -0.0134. The van der Waals surface area contributed by atoms with Crippen molar-refractivity contribution in [2.24, 2.45) is 0 Å². The molecule has 0 rings (SSSR count). The second kappa shape index (κ2) is 69.4. The Bertz CT molecular complexity index is 1150. The van der Waals surface area contributed by atoms with Crippen molar-refractivity contribution in [2.45, 2.75) is 443 Å². The largest absolute Gasteiger partial charge is 0.466 e. The molecule has 0 aromatic heterocycles. The van der Waals surface area contributed by atoms with Gasteiger partial charge in [-0.1, -0.05) is 393 Å². The van der Waals surface area contributed by atoms with Crippen LogP contribution in [-0.2, 0) is 14.3 Å². The summed E-state index contributed by atoms with van der Waals surface area (Å²) in [6.45, 7) is 5.01. The number of ether oxygens (including phenoxy) is 1. The van der Waals surface area contributed by atoms with Gasteiger partial charge in [0.1, 0.15) is 0 Å². The zero-order valence-corrected chi connectivity index (χ0v) is 54.2. The molecule has 6 nitrogen and oxygen atoms in total. The topological polar surface area (TPSA) is 95.9 Å². The van der Waals surface area contributed by atoms with E-state index in [4.69, 9.17) is 4.74 Å². The van der Waals surface area contributed by atoms with Gasteiger partial charge in [-0.15, -0.1) is 0 Å². The van der Waals surface area contributed by atoms with Gasteiger partial charge in [0.05, 0.1) is 25.4 Å². The number of esters is 1. The molecule has 0 aliphatic carbocycles.